The fraction of sp³-hybridized carbons (Fsp3) is 1.00. The van der Waals surface area contributed by atoms with Gasteiger partial charge in [0.1, 0.15) is 0 Å². The summed E-state index contributed by atoms with van der Waals surface area (Å²) >= 11 is 0. The maximum atomic E-state index is 9.77. The molecule has 3 nitrogen and oxygen atoms in total. The van der Waals surface area contributed by atoms with E-state index in [9.17, 15) is 8.42 Å². The van der Waals surface area contributed by atoms with Gasteiger partial charge in [-0.15, -0.1) is 9.24 Å². The summed E-state index contributed by atoms with van der Waals surface area (Å²) in [6, 6.07) is 0. The molecule has 0 fully saturated rings. The standard InChI is InChI=1S/C2H7O3PS/c3-7(4,5)2-1-6/h1-2,6H2,(H,3,4,5). The van der Waals surface area contributed by atoms with Gasteiger partial charge in [0.05, 0.1) is 5.75 Å². The maximum absolute atomic E-state index is 9.77. The van der Waals surface area contributed by atoms with E-state index in [2.05, 4.69) is 9.24 Å². The van der Waals surface area contributed by atoms with Gasteiger partial charge < -0.3 is 0 Å². The Kier molecular flexibility index (Phi) is 2.73. The molecule has 0 heterocycles. The molecule has 1 atom stereocenters. The van der Waals surface area contributed by atoms with Crippen molar-refractivity contribution in [2.75, 3.05) is 11.9 Å². The summed E-state index contributed by atoms with van der Waals surface area (Å²) in [5, 5.41) is 0. The number of hydrogen-bond donors (Lipinski definition) is 1. The van der Waals surface area contributed by atoms with E-state index in [1.807, 2.05) is 0 Å². The molecule has 44 valence electrons. The lowest BCUT2D eigenvalue weighted by Gasteiger charge is -1.85. The van der Waals surface area contributed by atoms with Crippen LogP contribution in [0.3, 0.4) is 0 Å². The minimum atomic E-state index is -3.70. The van der Waals surface area contributed by atoms with Crippen LogP contribution in [0.2, 0.25) is 0 Å². The summed E-state index contributed by atoms with van der Waals surface area (Å²) in [4.78, 5) is 0. The minimum Gasteiger partial charge on any atom is -0.286 e. The van der Waals surface area contributed by atoms with Crippen LogP contribution in [0.4, 0.5) is 0 Å². The molecule has 7 heavy (non-hydrogen) atoms. The molecule has 0 amide bonds. The lowest BCUT2D eigenvalue weighted by molar-refractivity contribution is 0.485. The van der Waals surface area contributed by atoms with Crippen molar-refractivity contribution in [3.8, 4) is 0 Å². The van der Waals surface area contributed by atoms with Crippen LogP contribution in [-0.4, -0.2) is 24.9 Å². The summed E-state index contributed by atoms with van der Waals surface area (Å²) in [5.74, 6) is -0.169. The fourth-order valence-electron chi connectivity index (χ4n) is 0.149. The highest BCUT2D eigenvalue weighted by molar-refractivity contribution is 7.86. The van der Waals surface area contributed by atoms with Gasteiger partial charge in [-0.25, -0.2) is 0 Å². The Morgan fingerprint density at radius 3 is 2.00 bits per heavy atom. The number of rotatable bonds is 2. The Hall–Kier alpha value is 0.340. The van der Waals surface area contributed by atoms with Crippen LogP contribution in [0.1, 0.15) is 0 Å². The first-order valence-corrected chi connectivity index (χ1v) is 4.14. The normalized spacial score (nSPS) is 11.7. The largest absolute Gasteiger partial charge is 0.286 e. The van der Waals surface area contributed by atoms with Crippen LogP contribution >= 0.6 is 9.24 Å². The summed E-state index contributed by atoms with van der Waals surface area (Å²) in [5.41, 5.74) is 0. The van der Waals surface area contributed by atoms with Gasteiger partial charge in [0.15, 0.2) is 0 Å². The Bertz CT molecular complexity index is 126. The zero-order valence-electron chi connectivity index (χ0n) is 3.66. The summed E-state index contributed by atoms with van der Waals surface area (Å²) in [6.07, 6.45) is 0.388. The van der Waals surface area contributed by atoms with Gasteiger partial charge in [0, 0.05) is 0 Å². The minimum absolute atomic E-state index is 0.169. The zero-order chi connectivity index (χ0) is 5.91. The van der Waals surface area contributed by atoms with Gasteiger partial charge in [-0.05, 0) is 6.16 Å². The van der Waals surface area contributed by atoms with E-state index >= 15 is 0 Å². The SMILES string of the molecule is O=S(=O)(O)CCP. The van der Waals surface area contributed by atoms with Gasteiger partial charge in [-0.1, -0.05) is 0 Å². The van der Waals surface area contributed by atoms with Crippen molar-refractivity contribution in [3.05, 3.63) is 0 Å². The molecule has 0 aromatic rings. The molecule has 0 saturated carbocycles. The molecule has 5 heteroatoms. The first-order valence-electron chi connectivity index (χ1n) is 1.71. The van der Waals surface area contributed by atoms with Crippen molar-refractivity contribution in [2.45, 2.75) is 0 Å². The van der Waals surface area contributed by atoms with Gasteiger partial charge in [0.25, 0.3) is 10.1 Å². The van der Waals surface area contributed by atoms with Crippen LogP contribution < -0.4 is 0 Å². The van der Waals surface area contributed by atoms with Gasteiger partial charge in [-0.2, -0.15) is 8.42 Å². The highest BCUT2D eigenvalue weighted by atomic mass is 32.2. The molecular formula is C2H7O3PS. The van der Waals surface area contributed by atoms with Crippen molar-refractivity contribution in [1.82, 2.24) is 0 Å². The van der Waals surface area contributed by atoms with E-state index in [1.165, 1.54) is 0 Å². The quantitative estimate of drug-likeness (QED) is 0.427. The first kappa shape index (κ1) is 7.34. The molecule has 0 aliphatic heterocycles. The predicted octanol–water partition coefficient (Wildman–Crippen LogP) is -0.251. The molecule has 0 rings (SSSR count). The highest BCUT2D eigenvalue weighted by Gasteiger charge is 1.98. The Labute approximate surface area is 45.1 Å². The molecule has 0 aromatic heterocycles. The van der Waals surface area contributed by atoms with Crippen molar-refractivity contribution >= 4 is 19.4 Å². The van der Waals surface area contributed by atoms with Crippen LogP contribution in [-0.2, 0) is 10.1 Å². The topological polar surface area (TPSA) is 54.4 Å². The molecule has 0 aromatic carbocycles. The monoisotopic (exact) mass is 142 g/mol. The smallest absolute Gasteiger partial charge is 0.265 e. The summed E-state index contributed by atoms with van der Waals surface area (Å²) < 4.78 is 27.5. The molecule has 0 spiro atoms. The maximum Gasteiger partial charge on any atom is 0.265 e. The molecule has 0 aliphatic carbocycles. The average Bonchev–Trinajstić information content (AvgIpc) is 1.30. The van der Waals surface area contributed by atoms with Gasteiger partial charge in [-0.3, -0.25) is 4.55 Å². The van der Waals surface area contributed by atoms with E-state index in [1.54, 1.807) is 0 Å². The van der Waals surface area contributed by atoms with E-state index in [-0.39, 0.29) is 5.75 Å². The van der Waals surface area contributed by atoms with Crippen LogP contribution in [0, 0.1) is 0 Å². The van der Waals surface area contributed by atoms with E-state index in [0.29, 0.717) is 6.16 Å². The molecule has 1 N–H and O–H groups in total. The molecule has 1 unspecified atom stereocenters. The van der Waals surface area contributed by atoms with Crippen molar-refractivity contribution in [3.63, 3.8) is 0 Å². The first-order chi connectivity index (χ1) is 3.06. The number of hydrogen-bond acceptors (Lipinski definition) is 2. The van der Waals surface area contributed by atoms with Gasteiger partial charge in [0.2, 0.25) is 0 Å². The third-order valence-corrected chi connectivity index (χ3v) is 1.83. The lowest BCUT2D eigenvalue weighted by atomic mass is 11.0. The van der Waals surface area contributed by atoms with Crippen molar-refractivity contribution in [2.24, 2.45) is 0 Å². The second-order valence-electron chi connectivity index (χ2n) is 1.07. The Morgan fingerprint density at radius 2 is 2.00 bits per heavy atom. The fourth-order valence-corrected chi connectivity index (χ4v) is 1.34. The third kappa shape index (κ3) is 6.34. The average molecular weight is 142 g/mol. The van der Waals surface area contributed by atoms with Crippen LogP contribution in [0.15, 0.2) is 0 Å². The van der Waals surface area contributed by atoms with Crippen LogP contribution in [0.25, 0.3) is 0 Å². The van der Waals surface area contributed by atoms with Crippen molar-refractivity contribution < 1.29 is 13.0 Å². The molecule has 0 radical (unpaired) electrons. The van der Waals surface area contributed by atoms with Gasteiger partial charge >= 0.3 is 0 Å². The second kappa shape index (κ2) is 2.60. The zero-order valence-corrected chi connectivity index (χ0v) is 5.63. The van der Waals surface area contributed by atoms with E-state index < -0.39 is 10.1 Å². The highest BCUT2D eigenvalue weighted by Crippen LogP contribution is 1.85. The molecule has 0 bridgehead atoms. The Balaban J connectivity index is 3.60. The predicted molar refractivity (Wildman–Crippen MR) is 31.0 cm³/mol. The summed E-state index contributed by atoms with van der Waals surface area (Å²) in [6.45, 7) is 0. The molecule has 0 saturated heterocycles. The second-order valence-corrected chi connectivity index (χ2v) is 3.22. The lowest BCUT2D eigenvalue weighted by Crippen LogP contribution is -2.03. The van der Waals surface area contributed by atoms with Crippen molar-refractivity contribution in [1.29, 1.82) is 0 Å². The summed E-state index contributed by atoms with van der Waals surface area (Å²) in [7, 11) is -1.49. The Morgan fingerprint density at radius 1 is 1.57 bits per heavy atom. The molecular weight excluding hydrogens is 135 g/mol. The van der Waals surface area contributed by atoms with E-state index in [0.717, 1.165) is 0 Å². The van der Waals surface area contributed by atoms with E-state index in [4.69, 9.17) is 4.55 Å². The van der Waals surface area contributed by atoms with Crippen LogP contribution in [0.5, 0.6) is 0 Å². The third-order valence-electron chi connectivity index (χ3n) is 0.376. The molecule has 0 aliphatic rings.